The molecule has 0 aliphatic rings. The Bertz CT molecular complexity index is 2190. The normalized spacial score (nSPS) is 12.3. The molecule has 0 saturated carbocycles. The van der Waals surface area contributed by atoms with E-state index >= 15 is 0 Å². The van der Waals surface area contributed by atoms with Crippen molar-refractivity contribution in [1.82, 2.24) is 23.2 Å². The monoisotopic (exact) mass is 505 g/mol. The van der Waals surface area contributed by atoms with Crippen LogP contribution in [0.5, 0.6) is 0 Å². The largest absolute Gasteiger partial charge is 0.276 e. The second kappa shape index (κ2) is 7.37. The number of benzene rings is 5. The Morgan fingerprint density at radius 3 is 1.58 bits per heavy atom. The molecule has 5 aromatic carbocycles. The van der Waals surface area contributed by atoms with Crippen LogP contribution in [0.1, 0.15) is 0 Å². The van der Waals surface area contributed by atoms with E-state index in [-0.39, 0.29) is 0 Å². The number of aromatic nitrogens is 5. The Morgan fingerprint density at radius 2 is 0.974 bits per heavy atom. The quantitative estimate of drug-likeness (QED) is 0.245. The van der Waals surface area contributed by atoms with Gasteiger partial charge in [-0.25, -0.2) is 14.4 Å². The van der Waals surface area contributed by atoms with E-state index < -0.39 is 0 Å². The average Bonchev–Trinajstić information content (AvgIpc) is 3.68. The van der Waals surface area contributed by atoms with E-state index in [1.165, 1.54) is 20.9 Å². The number of hydrogen-bond acceptors (Lipinski definition) is 3. The second-order valence-corrected chi connectivity index (χ2v) is 10.8. The molecule has 0 N–H and O–H groups in total. The predicted octanol–water partition coefficient (Wildman–Crippen LogP) is 7.95. The molecule has 6 heteroatoms. The van der Waals surface area contributed by atoms with E-state index in [2.05, 4.69) is 116 Å². The second-order valence-electron chi connectivity index (χ2n) is 9.61. The molecule has 38 heavy (non-hydrogen) atoms. The number of hydrogen-bond donors (Lipinski definition) is 0. The van der Waals surface area contributed by atoms with Crippen LogP contribution in [0, 0.1) is 0 Å². The number of fused-ring (bicyclic) bond motifs is 10. The molecule has 0 aliphatic heterocycles. The molecule has 4 aromatic heterocycles. The van der Waals surface area contributed by atoms with Crippen molar-refractivity contribution in [2.75, 3.05) is 0 Å². The van der Waals surface area contributed by atoms with Crippen LogP contribution in [0.25, 0.3) is 61.3 Å². The highest BCUT2D eigenvalue weighted by Crippen LogP contribution is 2.38. The first-order chi connectivity index (χ1) is 18.8. The number of nitrogens with zero attached hydrogens (tertiary/aromatic N) is 5. The first-order valence-electron chi connectivity index (χ1n) is 12.6. The van der Waals surface area contributed by atoms with Gasteiger partial charge in [-0.3, -0.25) is 8.80 Å². The molecule has 0 fully saturated rings. The van der Waals surface area contributed by atoms with E-state index in [0.717, 1.165) is 50.2 Å². The summed E-state index contributed by atoms with van der Waals surface area (Å²) in [5.41, 5.74) is 9.95. The third kappa shape index (κ3) is 2.67. The van der Waals surface area contributed by atoms with Crippen LogP contribution in [0.2, 0.25) is 0 Å². The number of imidazole rings is 4. The van der Waals surface area contributed by atoms with E-state index in [0.29, 0.717) is 0 Å². The zero-order valence-corrected chi connectivity index (χ0v) is 20.9. The van der Waals surface area contributed by atoms with Crippen molar-refractivity contribution in [3.05, 3.63) is 115 Å². The molecule has 4 heterocycles. The van der Waals surface area contributed by atoms with Crippen molar-refractivity contribution in [2.45, 2.75) is 9.79 Å². The lowest BCUT2D eigenvalue weighted by atomic mass is 10.0. The Balaban J connectivity index is 1.34. The maximum atomic E-state index is 5.05. The Morgan fingerprint density at radius 1 is 0.447 bits per heavy atom. The van der Waals surface area contributed by atoms with Gasteiger partial charge < -0.3 is 0 Å². The topological polar surface area (TPSA) is 39.0 Å². The van der Waals surface area contributed by atoms with Gasteiger partial charge in [0.15, 0.2) is 0 Å². The third-order valence-electron chi connectivity index (χ3n) is 7.43. The molecule has 0 spiro atoms. The Hall–Kier alpha value is -4.81. The Kier molecular flexibility index (Phi) is 3.93. The molecule has 9 aromatic rings. The number of rotatable bonds is 3. The van der Waals surface area contributed by atoms with Crippen molar-refractivity contribution in [1.29, 1.82) is 0 Å². The fraction of sp³-hybridized carbons (Fsp3) is 0. The first-order valence-corrected chi connectivity index (χ1v) is 13.4. The summed E-state index contributed by atoms with van der Waals surface area (Å²) in [6.45, 7) is 0. The molecule has 9 rings (SSSR count). The van der Waals surface area contributed by atoms with E-state index in [9.17, 15) is 0 Å². The highest BCUT2D eigenvalue weighted by Gasteiger charge is 2.24. The van der Waals surface area contributed by atoms with Crippen molar-refractivity contribution in [3.8, 4) is 11.1 Å². The lowest BCUT2D eigenvalue weighted by molar-refractivity contribution is 1.15. The van der Waals surface area contributed by atoms with Gasteiger partial charge in [-0.15, -0.1) is 0 Å². The smallest absolute Gasteiger partial charge is 0.223 e. The standard InChI is InChI=1S/C32H19N5S/c1-2-8-22(9-3-1)38-23-16-14-20(15-17-23)21-18-28-30-29(19-21)36-27-13-7-5-11-25(27)34-32(36)37(30)31-33-24-10-4-6-12-26(24)35(28)31/h1-19H. The lowest BCUT2D eigenvalue weighted by Crippen LogP contribution is -1.88. The van der Waals surface area contributed by atoms with Crippen LogP contribution in [-0.4, -0.2) is 23.2 Å². The zero-order valence-electron chi connectivity index (χ0n) is 20.1. The van der Waals surface area contributed by atoms with Gasteiger partial charge in [-0.1, -0.05) is 66.4 Å². The third-order valence-corrected chi connectivity index (χ3v) is 8.44. The molecule has 5 nitrogen and oxygen atoms in total. The Labute approximate surface area is 220 Å². The van der Waals surface area contributed by atoms with Gasteiger partial charge in [-0.2, -0.15) is 0 Å². The van der Waals surface area contributed by atoms with Crippen LogP contribution >= 0.6 is 11.8 Å². The summed E-state index contributed by atoms with van der Waals surface area (Å²) in [5.74, 6) is 1.78. The summed E-state index contributed by atoms with van der Waals surface area (Å²) >= 11 is 1.78. The SMILES string of the molecule is c1ccc(Sc2ccc(-c3cc4c5c(c3)n3c6ccccc6nc3n5c3nc5ccccc5n43)cc2)cc1. The maximum Gasteiger partial charge on any atom is 0.223 e. The molecule has 0 radical (unpaired) electrons. The van der Waals surface area contributed by atoms with Crippen LogP contribution in [0.3, 0.4) is 0 Å². The summed E-state index contributed by atoms with van der Waals surface area (Å²) in [4.78, 5) is 12.6. The molecule has 0 amide bonds. The minimum Gasteiger partial charge on any atom is -0.276 e. The van der Waals surface area contributed by atoms with Crippen molar-refractivity contribution in [3.63, 3.8) is 0 Å². The van der Waals surface area contributed by atoms with Gasteiger partial charge in [0.05, 0.1) is 33.1 Å². The number of para-hydroxylation sites is 4. The molecule has 0 unspecified atom stereocenters. The van der Waals surface area contributed by atoms with Gasteiger partial charge in [-0.05, 0) is 71.8 Å². The molecule has 0 saturated heterocycles. The van der Waals surface area contributed by atoms with Gasteiger partial charge >= 0.3 is 0 Å². The van der Waals surface area contributed by atoms with Crippen molar-refractivity contribution >= 4 is 61.9 Å². The molecular weight excluding hydrogens is 486 g/mol. The fourth-order valence-corrected chi connectivity index (χ4v) is 6.61. The zero-order chi connectivity index (χ0) is 24.8. The van der Waals surface area contributed by atoms with Crippen LogP contribution < -0.4 is 0 Å². The van der Waals surface area contributed by atoms with Crippen LogP contribution in [0.4, 0.5) is 0 Å². The molecular formula is C32H19N5S. The first kappa shape index (κ1) is 20.3. The predicted molar refractivity (Wildman–Crippen MR) is 155 cm³/mol. The van der Waals surface area contributed by atoms with Gasteiger partial charge in [0.25, 0.3) is 0 Å². The fourth-order valence-electron chi connectivity index (χ4n) is 5.77. The summed E-state index contributed by atoms with van der Waals surface area (Å²) < 4.78 is 6.77. The molecule has 0 bridgehead atoms. The minimum atomic E-state index is 0.892. The van der Waals surface area contributed by atoms with E-state index in [1.807, 2.05) is 12.1 Å². The average molecular weight is 506 g/mol. The molecule has 0 aliphatic carbocycles. The van der Waals surface area contributed by atoms with E-state index in [1.54, 1.807) is 11.8 Å². The van der Waals surface area contributed by atoms with Gasteiger partial charge in [0.2, 0.25) is 11.6 Å². The maximum absolute atomic E-state index is 5.05. The minimum absolute atomic E-state index is 0.892. The van der Waals surface area contributed by atoms with E-state index in [4.69, 9.17) is 9.97 Å². The summed E-state index contributed by atoms with van der Waals surface area (Å²) in [6, 6.07) is 40.6. The highest BCUT2D eigenvalue weighted by molar-refractivity contribution is 7.99. The molecule has 178 valence electrons. The van der Waals surface area contributed by atoms with Crippen molar-refractivity contribution in [2.24, 2.45) is 0 Å². The van der Waals surface area contributed by atoms with Crippen LogP contribution in [-0.2, 0) is 0 Å². The summed E-state index contributed by atoms with van der Waals surface area (Å²) in [6.07, 6.45) is 0. The van der Waals surface area contributed by atoms with Crippen LogP contribution in [0.15, 0.2) is 125 Å². The van der Waals surface area contributed by atoms with Gasteiger partial charge in [0.1, 0.15) is 5.52 Å². The van der Waals surface area contributed by atoms with Gasteiger partial charge in [0, 0.05) is 9.79 Å². The molecule has 0 atom stereocenters. The highest BCUT2D eigenvalue weighted by atomic mass is 32.2. The summed E-state index contributed by atoms with van der Waals surface area (Å²) in [5, 5.41) is 0. The lowest BCUT2D eigenvalue weighted by Gasteiger charge is -2.07. The summed E-state index contributed by atoms with van der Waals surface area (Å²) in [7, 11) is 0. The van der Waals surface area contributed by atoms with Crippen molar-refractivity contribution < 1.29 is 0 Å².